The summed E-state index contributed by atoms with van der Waals surface area (Å²) in [4.78, 5) is 46.9. The largest absolute Gasteiger partial charge is 0.493 e. The number of nitrogens with zero attached hydrogens (tertiary/aromatic N) is 3. The fourth-order valence-electron chi connectivity index (χ4n) is 5.52. The lowest BCUT2D eigenvalue weighted by atomic mass is 9.95. The van der Waals surface area contributed by atoms with E-state index in [0.29, 0.717) is 60.2 Å². The Morgan fingerprint density at radius 1 is 1.00 bits per heavy atom. The van der Waals surface area contributed by atoms with Crippen molar-refractivity contribution >= 4 is 45.2 Å². The number of fused-ring (bicyclic) bond motifs is 1. The minimum atomic E-state index is -0.852. The number of amides is 1. The summed E-state index contributed by atoms with van der Waals surface area (Å²) in [6.07, 6.45) is 3.76. The Kier molecular flexibility index (Phi) is 10.5. The first kappa shape index (κ1) is 33.3. The molecule has 1 saturated heterocycles. The highest BCUT2D eigenvalue weighted by Gasteiger charge is 2.35. The van der Waals surface area contributed by atoms with Crippen LogP contribution in [0.2, 0.25) is 0 Å². The van der Waals surface area contributed by atoms with Crippen molar-refractivity contribution in [1.82, 2.24) is 9.47 Å². The van der Waals surface area contributed by atoms with Crippen LogP contribution < -0.4 is 33.8 Å². The van der Waals surface area contributed by atoms with Gasteiger partial charge in [0.1, 0.15) is 0 Å². The Balaban J connectivity index is 1.58. The van der Waals surface area contributed by atoms with Gasteiger partial charge < -0.3 is 28.6 Å². The molecule has 0 radical (unpaired) electrons. The molecule has 1 aromatic heterocycles. The molecule has 13 heteroatoms. The number of benzene rings is 2. The van der Waals surface area contributed by atoms with Gasteiger partial charge in [0.25, 0.3) is 11.5 Å². The highest BCUT2D eigenvalue weighted by atomic mass is 79.9. The van der Waals surface area contributed by atoms with Crippen molar-refractivity contribution in [1.29, 1.82) is 0 Å². The van der Waals surface area contributed by atoms with Gasteiger partial charge in [-0.25, -0.2) is 9.79 Å². The maximum Gasteiger partial charge on any atom is 0.338 e. The number of likely N-dealkylation sites (tertiary alicyclic amines) is 1. The molecule has 5 rings (SSSR count). The van der Waals surface area contributed by atoms with Crippen LogP contribution in [0.5, 0.6) is 23.0 Å². The number of carbonyl (C=O) groups is 2. The zero-order chi connectivity index (χ0) is 33.0. The van der Waals surface area contributed by atoms with Crippen molar-refractivity contribution in [3.05, 3.63) is 76.9 Å². The number of hydrogen-bond acceptors (Lipinski definition) is 10. The monoisotopic (exact) mass is 713 g/mol. The molecule has 0 spiro atoms. The van der Waals surface area contributed by atoms with Gasteiger partial charge in [0.05, 0.1) is 49.3 Å². The second-order valence-corrected chi connectivity index (χ2v) is 12.4. The maximum atomic E-state index is 14.1. The summed E-state index contributed by atoms with van der Waals surface area (Å²) in [6, 6.07) is 7.93. The molecule has 1 fully saturated rings. The highest BCUT2D eigenvalue weighted by molar-refractivity contribution is 9.10. The normalized spacial score (nSPS) is 16.2. The molecule has 2 aromatic carbocycles. The van der Waals surface area contributed by atoms with Crippen molar-refractivity contribution in [3.8, 4) is 23.0 Å². The van der Waals surface area contributed by atoms with Gasteiger partial charge in [0, 0.05) is 17.6 Å². The van der Waals surface area contributed by atoms with Gasteiger partial charge in [-0.2, -0.15) is 0 Å². The lowest BCUT2D eigenvalue weighted by Crippen LogP contribution is -2.40. The van der Waals surface area contributed by atoms with E-state index in [2.05, 4.69) is 20.9 Å². The van der Waals surface area contributed by atoms with E-state index in [1.54, 1.807) is 55.2 Å². The number of hydrogen-bond donors (Lipinski definition) is 0. The number of rotatable bonds is 11. The molecule has 0 unspecified atom stereocenters. The van der Waals surface area contributed by atoms with E-state index >= 15 is 0 Å². The van der Waals surface area contributed by atoms with Crippen molar-refractivity contribution < 1.29 is 33.3 Å². The van der Waals surface area contributed by atoms with E-state index in [1.165, 1.54) is 30.1 Å². The molecule has 0 bridgehead atoms. The van der Waals surface area contributed by atoms with Gasteiger partial charge in [0.2, 0.25) is 0 Å². The van der Waals surface area contributed by atoms with Crippen LogP contribution in [0.1, 0.15) is 50.8 Å². The van der Waals surface area contributed by atoms with Gasteiger partial charge in [-0.1, -0.05) is 33.3 Å². The van der Waals surface area contributed by atoms with Crippen molar-refractivity contribution in [2.45, 2.75) is 39.7 Å². The number of carbonyl (C=O) groups excluding carboxylic acids is 2. The standard InChI is InChI=1S/C33H36BrN3O8S/c1-6-43-26-14-20(10-11-23(26)45-18-28(38)36-12-8-9-13-36)15-27-31(39)37-30(21-16-24(41-4)25(42-5)17-22(21)34)29(32(40)44-7-2)19(3)35-33(37)46-27/h10-11,14-17,30H,6-9,12-13,18H2,1-5H3/b27-15+/t30-/m1/s1. The first-order valence-corrected chi connectivity index (χ1v) is 16.6. The van der Waals surface area contributed by atoms with E-state index in [4.69, 9.17) is 23.7 Å². The summed E-state index contributed by atoms with van der Waals surface area (Å²) >= 11 is 4.83. The lowest BCUT2D eigenvalue weighted by molar-refractivity contribution is -0.139. The molecule has 0 saturated carbocycles. The third-order valence-electron chi connectivity index (χ3n) is 7.69. The van der Waals surface area contributed by atoms with Crippen LogP contribution in [0.4, 0.5) is 0 Å². The predicted molar refractivity (Wildman–Crippen MR) is 177 cm³/mol. The van der Waals surface area contributed by atoms with Gasteiger partial charge in [-0.05, 0) is 75.1 Å². The molecule has 1 atom stereocenters. The highest BCUT2D eigenvalue weighted by Crippen LogP contribution is 2.41. The SMILES string of the molecule is CCOC(=O)C1=C(C)N=c2s/c(=C/c3ccc(OCC(=O)N4CCCC4)c(OCC)c3)c(=O)n2[C@@H]1c1cc(OC)c(OC)cc1Br. The smallest absolute Gasteiger partial charge is 0.338 e. The molecule has 2 aliphatic rings. The third kappa shape index (κ3) is 6.70. The number of halogens is 1. The summed E-state index contributed by atoms with van der Waals surface area (Å²) in [7, 11) is 3.05. The van der Waals surface area contributed by atoms with Crippen LogP contribution >= 0.6 is 27.3 Å². The first-order chi connectivity index (χ1) is 22.2. The molecular formula is C33H36BrN3O8S. The van der Waals surface area contributed by atoms with Crippen molar-refractivity contribution in [2.75, 3.05) is 47.1 Å². The Bertz CT molecular complexity index is 1860. The van der Waals surface area contributed by atoms with Crippen LogP contribution in [-0.4, -0.2) is 68.5 Å². The van der Waals surface area contributed by atoms with Crippen LogP contribution in [0.25, 0.3) is 6.08 Å². The molecule has 3 aromatic rings. The fourth-order valence-corrected chi connectivity index (χ4v) is 7.10. The molecule has 1 amide bonds. The Morgan fingerprint density at radius 2 is 1.72 bits per heavy atom. The molecule has 11 nitrogen and oxygen atoms in total. The molecule has 3 heterocycles. The summed E-state index contributed by atoms with van der Waals surface area (Å²) in [5.41, 5.74) is 1.65. The molecule has 244 valence electrons. The molecule has 0 aliphatic carbocycles. The Morgan fingerprint density at radius 3 is 2.39 bits per heavy atom. The molecule has 0 N–H and O–H groups in total. The number of methoxy groups -OCH3 is 2. The average molecular weight is 715 g/mol. The van der Waals surface area contributed by atoms with Gasteiger partial charge >= 0.3 is 5.97 Å². The van der Waals surface area contributed by atoms with Gasteiger partial charge in [-0.3, -0.25) is 14.2 Å². The Labute approximate surface area is 278 Å². The van der Waals surface area contributed by atoms with Crippen molar-refractivity contribution in [2.24, 2.45) is 4.99 Å². The minimum absolute atomic E-state index is 0.0571. The van der Waals surface area contributed by atoms with E-state index in [-0.39, 0.29) is 30.3 Å². The molecule has 2 aliphatic heterocycles. The number of aromatic nitrogens is 1. The van der Waals surface area contributed by atoms with Crippen LogP contribution in [0.3, 0.4) is 0 Å². The zero-order valence-electron chi connectivity index (χ0n) is 26.4. The number of ether oxygens (including phenoxy) is 5. The summed E-state index contributed by atoms with van der Waals surface area (Å²) in [6.45, 7) is 7.29. The van der Waals surface area contributed by atoms with E-state index in [0.717, 1.165) is 25.9 Å². The van der Waals surface area contributed by atoms with E-state index in [1.807, 2.05) is 6.92 Å². The van der Waals surface area contributed by atoms with Crippen LogP contribution in [0, 0.1) is 0 Å². The van der Waals surface area contributed by atoms with E-state index < -0.39 is 12.0 Å². The third-order valence-corrected chi connectivity index (χ3v) is 9.36. The molecular weight excluding hydrogens is 678 g/mol. The average Bonchev–Trinajstić information content (AvgIpc) is 3.68. The maximum absolute atomic E-state index is 14.1. The van der Waals surface area contributed by atoms with Gasteiger partial charge in [-0.15, -0.1) is 0 Å². The summed E-state index contributed by atoms with van der Waals surface area (Å²) < 4.78 is 30.6. The number of thiazole rings is 1. The predicted octanol–water partition coefficient (Wildman–Crippen LogP) is 3.98. The second-order valence-electron chi connectivity index (χ2n) is 10.5. The van der Waals surface area contributed by atoms with Crippen molar-refractivity contribution in [3.63, 3.8) is 0 Å². The topological polar surface area (TPSA) is 118 Å². The number of allylic oxidation sites excluding steroid dienone is 1. The van der Waals surface area contributed by atoms with Crippen LogP contribution in [0.15, 0.2) is 55.9 Å². The summed E-state index contributed by atoms with van der Waals surface area (Å²) in [5.74, 6) is 1.21. The fraction of sp³-hybridized carbons (Fsp3) is 0.394. The van der Waals surface area contributed by atoms with Gasteiger partial charge in [0.15, 0.2) is 34.4 Å². The Hall–Kier alpha value is -4.10. The lowest BCUT2D eigenvalue weighted by Gasteiger charge is -2.26. The quantitative estimate of drug-likeness (QED) is 0.274. The second kappa shape index (κ2) is 14.5. The van der Waals surface area contributed by atoms with Crippen LogP contribution in [-0.2, 0) is 14.3 Å². The zero-order valence-corrected chi connectivity index (χ0v) is 28.8. The number of esters is 1. The first-order valence-electron chi connectivity index (χ1n) is 15.0. The van der Waals surface area contributed by atoms with E-state index in [9.17, 15) is 14.4 Å². The minimum Gasteiger partial charge on any atom is -0.493 e. The summed E-state index contributed by atoms with van der Waals surface area (Å²) in [5, 5.41) is 0. The molecule has 46 heavy (non-hydrogen) atoms.